The number of rotatable bonds is 19. The smallest absolute Gasteiger partial charge is 0.168 e. The van der Waals surface area contributed by atoms with E-state index in [9.17, 15) is 0 Å². The van der Waals surface area contributed by atoms with Gasteiger partial charge in [-0.05, 0) is 42.8 Å². The minimum absolute atomic E-state index is 0.720. The summed E-state index contributed by atoms with van der Waals surface area (Å²) in [5.41, 5.74) is 4.14. The molecule has 0 N–H and O–H groups in total. The Morgan fingerprint density at radius 2 is 0.870 bits per heavy atom. The quantitative estimate of drug-likeness (QED) is 0.0592. The number of aromatic nitrogens is 1. The van der Waals surface area contributed by atoms with Crippen LogP contribution in [0.2, 0.25) is 6.32 Å². The fraction of sp³-hybridized carbons (Fsp3) is 0.439. The highest BCUT2D eigenvalue weighted by Crippen LogP contribution is 2.30. The van der Waals surface area contributed by atoms with Crippen LogP contribution in [0.4, 0.5) is 0 Å². The lowest BCUT2D eigenvalue weighted by atomic mass is 9.16. The van der Waals surface area contributed by atoms with Gasteiger partial charge in [0.1, 0.15) is 23.8 Å². The van der Waals surface area contributed by atoms with Gasteiger partial charge in [0.2, 0.25) is 0 Å². The fourth-order valence-corrected chi connectivity index (χ4v) is 6.60. The van der Waals surface area contributed by atoms with E-state index in [-0.39, 0.29) is 0 Å². The molecule has 1 heterocycles. The lowest BCUT2D eigenvalue weighted by Gasteiger charge is -2.41. The molecular formula is C41H58BNO3. The maximum Gasteiger partial charge on any atom is 0.168 e. The Bertz CT molecular complexity index is 1200. The Hall–Kier alpha value is -3.73. The van der Waals surface area contributed by atoms with Crippen molar-refractivity contribution in [2.45, 2.75) is 97.0 Å². The summed E-state index contributed by atoms with van der Waals surface area (Å²) in [6.45, 7) is 5.72. The molecule has 1 aromatic heterocycles. The van der Waals surface area contributed by atoms with Crippen molar-refractivity contribution >= 4 is 6.15 Å². The van der Waals surface area contributed by atoms with Crippen molar-refractivity contribution in [2.75, 3.05) is 21.3 Å². The number of unbranched alkanes of at least 4 members (excludes halogenated alkanes) is 6. The van der Waals surface area contributed by atoms with Crippen LogP contribution < -0.4 is 18.8 Å². The van der Waals surface area contributed by atoms with E-state index in [1.54, 1.807) is 21.3 Å². The second-order valence-electron chi connectivity index (χ2n) is 12.9. The van der Waals surface area contributed by atoms with Gasteiger partial charge in [0.15, 0.2) is 12.4 Å². The van der Waals surface area contributed by atoms with Gasteiger partial charge < -0.3 is 14.2 Å². The highest BCUT2D eigenvalue weighted by molar-refractivity contribution is 6.78. The first-order valence-corrected chi connectivity index (χ1v) is 17.6. The van der Waals surface area contributed by atoms with Crippen molar-refractivity contribution in [3.05, 3.63) is 120 Å². The van der Waals surface area contributed by atoms with E-state index in [2.05, 4.69) is 122 Å². The number of benzene rings is 3. The molecule has 4 nitrogen and oxygen atoms in total. The predicted octanol–water partition coefficient (Wildman–Crippen LogP) is 9.94. The zero-order chi connectivity index (χ0) is 32.9. The average molecular weight is 624 g/mol. The number of nitrogens with zero attached hydrogens (tertiary/aromatic N) is 1. The summed E-state index contributed by atoms with van der Waals surface area (Å²) in [7, 11) is 5.16. The summed E-state index contributed by atoms with van der Waals surface area (Å²) in [5, 5.41) is 0. The van der Waals surface area contributed by atoms with Gasteiger partial charge in [0.25, 0.3) is 0 Å². The number of methoxy groups -OCH3 is 3. The lowest BCUT2D eigenvalue weighted by molar-refractivity contribution is -0.697. The molecule has 3 aromatic carbocycles. The Balaban J connectivity index is 0.000000344. The topological polar surface area (TPSA) is 31.6 Å². The SMILES string of the molecule is CCCCCCCC[n+]1ccccc1.CCCC[B-](Cc1ccc(OC)cc1)(Cc1ccc(OC)cc1)Cc1ccc(OC)cc1. The molecule has 0 bridgehead atoms. The predicted molar refractivity (Wildman–Crippen MR) is 196 cm³/mol. The van der Waals surface area contributed by atoms with Crippen molar-refractivity contribution in [3.63, 3.8) is 0 Å². The van der Waals surface area contributed by atoms with Crippen LogP contribution in [0, 0.1) is 0 Å². The average Bonchev–Trinajstić information content (AvgIpc) is 3.10. The molecule has 0 saturated carbocycles. The van der Waals surface area contributed by atoms with E-state index in [4.69, 9.17) is 14.2 Å². The summed E-state index contributed by atoms with van der Waals surface area (Å²) in [6, 6.07) is 32.1. The molecule has 0 aliphatic carbocycles. The zero-order valence-corrected chi connectivity index (χ0v) is 29.3. The van der Waals surface area contributed by atoms with Crippen LogP contribution in [-0.2, 0) is 25.5 Å². The van der Waals surface area contributed by atoms with Crippen LogP contribution in [0.1, 0.15) is 81.9 Å². The van der Waals surface area contributed by atoms with E-state index in [1.807, 2.05) is 0 Å². The molecule has 0 aliphatic rings. The van der Waals surface area contributed by atoms with Crippen LogP contribution in [0.25, 0.3) is 0 Å². The molecule has 4 aromatic rings. The molecule has 0 radical (unpaired) electrons. The number of hydrogen-bond donors (Lipinski definition) is 0. The Morgan fingerprint density at radius 1 is 0.478 bits per heavy atom. The molecule has 0 saturated heterocycles. The third kappa shape index (κ3) is 13.3. The van der Waals surface area contributed by atoms with Gasteiger partial charge in [-0.15, -0.1) is 0 Å². The standard InChI is InChI=1S/C28H36BO3.C13H22N/c1-5-6-19-29(20-23-7-13-26(30-2)14-8-23,21-24-9-15-27(31-3)16-10-24)22-25-11-17-28(32-4)18-12-25;1-2-3-4-5-6-8-11-14-12-9-7-10-13-14/h7-18H,5-6,19-22H2,1-4H3;7,9-10,12-13H,2-6,8,11H2,1H3/q-1;+1. The van der Waals surface area contributed by atoms with E-state index in [1.165, 1.54) is 80.9 Å². The third-order valence-electron chi connectivity index (χ3n) is 9.20. The third-order valence-corrected chi connectivity index (χ3v) is 9.20. The molecule has 0 amide bonds. The Morgan fingerprint density at radius 3 is 1.26 bits per heavy atom. The maximum atomic E-state index is 5.38. The normalized spacial score (nSPS) is 11.0. The summed E-state index contributed by atoms with van der Waals surface area (Å²) in [6.07, 6.45) is 18.8. The number of pyridine rings is 1. The number of ether oxygens (including phenoxy) is 3. The lowest BCUT2D eigenvalue weighted by Crippen LogP contribution is -2.43. The van der Waals surface area contributed by atoms with Crippen molar-refractivity contribution in [2.24, 2.45) is 0 Å². The van der Waals surface area contributed by atoms with Crippen molar-refractivity contribution < 1.29 is 18.8 Å². The molecule has 0 aliphatic heterocycles. The maximum absolute atomic E-state index is 5.38. The number of hydrogen-bond acceptors (Lipinski definition) is 3. The first-order valence-electron chi connectivity index (χ1n) is 17.6. The fourth-order valence-electron chi connectivity index (χ4n) is 6.60. The van der Waals surface area contributed by atoms with Crippen molar-refractivity contribution in [3.8, 4) is 17.2 Å². The van der Waals surface area contributed by atoms with Gasteiger partial charge in [-0.1, -0.05) is 112 Å². The summed E-state index contributed by atoms with van der Waals surface area (Å²) >= 11 is 0. The summed E-state index contributed by atoms with van der Waals surface area (Å²) in [5.74, 6) is 2.72. The van der Waals surface area contributed by atoms with Gasteiger partial charge in [0.05, 0.1) is 21.3 Å². The molecule has 0 atom stereocenters. The molecule has 0 fully saturated rings. The van der Waals surface area contributed by atoms with Crippen LogP contribution >= 0.6 is 0 Å². The molecule has 4 rings (SSSR count). The molecule has 5 heteroatoms. The Kier molecular flexibility index (Phi) is 16.9. The van der Waals surface area contributed by atoms with Crippen LogP contribution in [0.15, 0.2) is 103 Å². The van der Waals surface area contributed by atoms with E-state index in [0.29, 0.717) is 0 Å². The summed E-state index contributed by atoms with van der Waals surface area (Å²) in [4.78, 5) is 0. The van der Waals surface area contributed by atoms with Gasteiger partial charge in [-0.3, -0.25) is 0 Å². The number of aryl methyl sites for hydroxylation is 1. The van der Waals surface area contributed by atoms with E-state index >= 15 is 0 Å². The summed E-state index contributed by atoms with van der Waals surface area (Å²) < 4.78 is 18.4. The molecular weight excluding hydrogens is 565 g/mol. The minimum atomic E-state index is -0.720. The van der Waals surface area contributed by atoms with Gasteiger partial charge in [0, 0.05) is 24.7 Å². The van der Waals surface area contributed by atoms with Crippen LogP contribution in [0.3, 0.4) is 0 Å². The monoisotopic (exact) mass is 623 g/mol. The molecule has 46 heavy (non-hydrogen) atoms. The van der Waals surface area contributed by atoms with Crippen LogP contribution in [-0.4, -0.2) is 27.5 Å². The molecule has 248 valence electrons. The Labute approximate surface area is 280 Å². The first-order chi connectivity index (χ1) is 22.5. The zero-order valence-electron chi connectivity index (χ0n) is 29.3. The minimum Gasteiger partial charge on any atom is -0.497 e. The van der Waals surface area contributed by atoms with E-state index < -0.39 is 6.15 Å². The second kappa shape index (κ2) is 21.1. The van der Waals surface area contributed by atoms with Crippen molar-refractivity contribution in [1.29, 1.82) is 0 Å². The van der Waals surface area contributed by atoms with Gasteiger partial charge in [-0.2, -0.15) is 25.3 Å². The van der Waals surface area contributed by atoms with Gasteiger partial charge >= 0.3 is 0 Å². The highest BCUT2D eigenvalue weighted by Gasteiger charge is 2.26. The van der Waals surface area contributed by atoms with Crippen LogP contribution in [0.5, 0.6) is 17.2 Å². The molecule has 0 unspecified atom stereocenters. The van der Waals surface area contributed by atoms with E-state index in [0.717, 1.165) is 36.2 Å². The first kappa shape index (κ1) is 36.7. The van der Waals surface area contributed by atoms with Gasteiger partial charge in [-0.25, -0.2) is 4.57 Å². The molecule has 0 spiro atoms. The van der Waals surface area contributed by atoms with Crippen molar-refractivity contribution in [1.82, 2.24) is 0 Å². The largest absolute Gasteiger partial charge is 0.497 e. The highest BCUT2D eigenvalue weighted by atomic mass is 16.5. The second-order valence-corrected chi connectivity index (χ2v) is 12.9.